The van der Waals surface area contributed by atoms with E-state index in [4.69, 9.17) is 9.72 Å². The standard InChI is InChI=1S/C22H23FN4O2/c23-16-6-7-19-18(10-16)20(26-21(25-19)27-9-8-17(28)11-27)24-12-22(13-29-14-22)15-4-2-1-3-5-15/h1-7,10,17,28H,8-9,11-14H2,(H,24,25,26). The van der Waals surface area contributed by atoms with E-state index in [1.54, 1.807) is 6.07 Å². The van der Waals surface area contributed by atoms with Crippen LogP contribution >= 0.6 is 0 Å². The van der Waals surface area contributed by atoms with Gasteiger partial charge in [0.25, 0.3) is 0 Å². The van der Waals surface area contributed by atoms with E-state index >= 15 is 0 Å². The molecule has 5 rings (SSSR count). The molecule has 0 spiro atoms. The molecule has 150 valence electrons. The molecule has 0 radical (unpaired) electrons. The normalized spacial score (nSPS) is 20.6. The van der Waals surface area contributed by atoms with Crippen molar-refractivity contribution in [3.63, 3.8) is 0 Å². The summed E-state index contributed by atoms with van der Waals surface area (Å²) in [6, 6.07) is 14.8. The molecule has 2 N–H and O–H groups in total. The van der Waals surface area contributed by atoms with Crippen molar-refractivity contribution in [3.8, 4) is 0 Å². The van der Waals surface area contributed by atoms with Crippen molar-refractivity contribution in [2.45, 2.75) is 17.9 Å². The van der Waals surface area contributed by atoms with E-state index in [0.29, 0.717) is 61.9 Å². The van der Waals surface area contributed by atoms with E-state index < -0.39 is 0 Å². The van der Waals surface area contributed by atoms with E-state index in [0.717, 1.165) is 0 Å². The fourth-order valence-electron chi connectivity index (χ4n) is 4.05. The van der Waals surface area contributed by atoms with Crippen molar-refractivity contribution < 1.29 is 14.2 Å². The maximum atomic E-state index is 13.9. The molecule has 0 bridgehead atoms. The van der Waals surface area contributed by atoms with Gasteiger partial charge < -0.3 is 20.1 Å². The number of rotatable bonds is 5. The van der Waals surface area contributed by atoms with Crippen molar-refractivity contribution >= 4 is 22.7 Å². The van der Waals surface area contributed by atoms with Crippen molar-refractivity contribution in [2.75, 3.05) is 43.1 Å². The van der Waals surface area contributed by atoms with E-state index in [2.05, 4.69) is 22.4 Å². The van der Waals surface area contributed by atoms with Crippen LogP contribution in [0.15, 0.2) is 48.5 Å². The number of hydrogen-bond acceptors (Lipinski definition) is 6. The van der Waals surface area contributed by atoms with Gasteiger partial charge in [-0.3, -0.25) is 0 Å². The summed E-state index contributed by atoms with van der Waals surface area (Å²) in [4.78, 5) is 11.3. The lowest BCUT2D eigenvalue weighted by Gasteiger charge is -2.42. The summed E-state index contributed by atoms with van der Waals surface area (Å²) in [7, 11) is 0. The summed E-state index contributed by atoms with van der Waals surface area (Å²) >= 11 is 0. The quantitative estimate of drug-likeness (QED) is 0.694. The number of aromatic nitrogens is 2. The minimum atomic E-state index is -0.368. The second-order valence-corrected chi connectivity index (χ2v) is 7.91. The second kappa shape index (κ2) is 7.24. The molecular weight excluding hydrogens is 371 g/mol. The first-order valence-corrected chi connectivity index (χ1v) is 9.90. The number of anilines is 2. The van der Waals surface area contributed by atoms with Gasteiger partial charge in [-0.2, -0.15) is 4.98 Å². The molecule has 3 aromatic rings. The summed E-state index contributed by atoms with van der Waals surface area (Å²) in [6.07, 6.45) is 0.328. The van der Waals surface area contributed by atoms with Crippen molar-refractivity contribution in [1.82, 2.24) is 9.97 Å². The molecule has 3 heterocycles. The van der Waals surface area contributed by atoms with Crippen LogP contribution < -0.4 is 10.2 Å². The van der Waals surface area contributed by atoms with Crippen LogP contribution in [0, 0.1) is 5.82 Å². The molecule has 29 heavy (non-hydrogen) atoms. The molecular formula is C22H23FN4O2. The second-order valence-electron chi connectivity index (χ2n) is 7.91. The first-order chi connectivity index (χ1) is 14.1. The number of fused-ring (bicyclic) bond motifs is 1. The zero-order valence-electron chi connectivity index (χ0n) is 16.0. The predicted octanol–water partition coefficient (Wildman–Crippen LogP) is 2.72. The molecule has 0 amide bonds. The fourth-order valence-corrected chi connectivity index (χ4v) is 4.05. The predicted molar refractivity (Wildman–Crippen MR) is 110 cm³/mol. The van der Waals surface area contributed by atoms with Gasteiger partial charge in [-0.25, -0.2) is 9.37 Å². The Kier molecular flexibility index (Phi) is 4.56. The third-order valence-corrected chi connectivity index (χ3v) is 5.83. The number of nitrogens with zero attached hydrogens (tertiary/aromatic N) is 3. The highest BCUT2D eigenvalue weighted by molar-refractivity contribution is 5.90. The van der Waals surface area contributed by atoms with Crippen molar-refractivity contribution in [3.05, 3.63) is 59.9 Å². The summed E-state index contributed by atoms with van der Waals surface area (Å²) in [5, 5.41) is 14.0. The topological polar surface area (TPSA) is 70.5 Å². The highest BCUT2D eigenvalue weighted by Crippen LogP contribution is 2.34. The molecule has 2 aliphatic heterocycles. The Morgan fingerprint density at radius 1 is 1.17 bits per heavy atom. The summed E-state index contributed by atoms with van der Waals surface area (Å²) in [6.45, 7) is 3.10. The Morgan fingerprint density at radius 3 is 2.69 bits per heavy atom. The van der Waals surface area contributed by atoms with Gasteiger partial charge in [0.05, 0.1) is 30.2 Å². The number of aliphatic hydroxyl groups excluding tert-OH is 1. The Morgan fingerprint density at radius 2 is 2.00 bits per heavy atom. The Labute approximate surface area is 168 Å². The Hall–Kier alpha value is -2.77. The van der Waals surface area contributed by atoms with E-state index in [9.17, 15) is 9.50 Å². The first-order valence-electron chi connectivity index (χ1n) is 9.90. The smallest absolute Gasteiger partial charge is 0.227 e. The van der Waals surface area contributed by atoms with Crippen LogP contribution in [0.2, 0.25) is 0 Å². The molecule has 2 aromatic carbocycles. The average molecular weight is 394 g/mol. The van der Waals surface area contributed by atoms with Crippen LogP contribution in [0.1, 0.15) is 12.0 Å². The summed E-state index contributed by atoms with van der Waals surface area (Å²) in [5.41, 5.74) is 1.76. The third-order valence-electron chi connectivity index (χ3n) is 5.83. The summed E-state index contributed by atoms with van der Waals surface area (Å²) in [5.74, 6) is 0.841. The SMILES string of the molecule is OC1CCN(c2nc(NCC3(c4ccccc4)COC3)c3cc(F)ccc3n2)C1. The van der Waals surface area contributed by atoms with Gasteiger partial charge in [0.1, 0.15) is 11.6 Å². The maximum absolute atomic E-state index is 13.9. The zero-order valence-corrected chi connectivity index (χ0v) is 16.0. The van der Waals surface area contributed by atoms with Gasteiger partial charge in [0.15, 0.2) is 0 Å². The van der Waals surface area contributed by atoms with Crippen LogP contribution in [0.4, 0.5) is 16.2 Å². The number of nitrogens with one attached hydrogen (secondary N) is 1. The number of β-amino-alcohol motifs (C(OH)–C–C–N with tert-alkyl or cyclic N) is 1. The summed E-state index contributed by atoms with van der Waals surface area (Å²) < 4.78 is 19.5. The molecule has 0 aliphatic carbocycles. The Bertz CT molecular complexity index is 1030. The highest BCUT2D eigenvalue weighted by Gasteiger charge is 2.40. The van der Waals surface area contributed by atoms with Gasteiger partial charge in [0.2, 0.25) is 5.95 Å². The maximum Gasteiger partial charge on any atom is 0.227 e. The minimum absolute atomic E-state index is 0.129. The van der Waals surface area contributed by atoms with Gasteiger partial charge >= 0.3 is 0 Å². The molecule has 1 aromatic heterocycles. The lowest BCUT2D eigenvalue weighted by Crippen LogP contribution is -2.51. The monoisotopic (exact) mass is 394 g/mol. The van der Waals surface area contributed by atoms with Crippen LogP contribution in [-0.2, 0) is 10.2 Å². The van der Waals surface area contributed by atoms with Crippen LogP contribution in [0.3, 0.4) is 0 Å². The number of aliphatic hydroxyl groups is 1. The van der Waals surface area contributed by atoms with Crippen LogP contribution in [0.25, 0.3) is 10.9 Å². The van der Waals surface area contributed by atoms with Gasteiger partial charge in [-0.05, 0) is 30.2 Å². The number of halogens is 1. The zero-order chi connectivity index (χ0) is 19.8. The number of ether oxygens (including phenoxy) is 1. The highest BCUT2D eigenvalue weighted by atomic mass is 19.1. The van der Waals surface area contributed by atoms with E-state index in [-0.39, 0.29) is 17.3 Å². The van der Waals surface area contributed by atoms with E-state index in [1.165, 1.54) is 17.7 Å². The van der Waals surface area contributed by atoms with E-state index in [1.807, 2.05) is 23.1 Å². The lowest BCUT2D eigenvalue weighted by molar-refractivity contribution is -0.0529. The molecule has 0 saturated carbocycles. The molecule has 2 saturated heterocycles. The van der Waals surface area contributed by atoms with Crippen molar-refractivity contribution in [1.29, 1.82) is 0 Å². The number of benzene rings is 2. The molecule has 1 unspecified atom stereocenters. The minimum Gasteiger partial charge on any atom is -0.391 e. The molecule has 7 heteroatoms. The number of hydrogen-bond donors (Lipinski definition) is 2. The molecule has 2 fully saturated rings. The van der Waals surface area contributed by atoms with Crippen molar-refractivity contribution in [2.24, 2.45) is 0 Å². The van der Waals surface area contributed by atoms with Crippen LogP contribution in [-0.4, -0.2) is 54.0 Å². The average Bonchev–Trinajstić information content (AvgIpc) is 3.14. The third kappa shape index (κ3) is 3.41. The van der Waals surface area contributed by atoms with Gasteiger partial charge in [-0.15, -0.1) is 0 Å². The van der Waals surface area contributed by atoms with Gasteiger partial charge in [0, 0.05) is 25.0 Å². The fraction of sp³-hybridized carbons (Fsp3) is 0.364. The van der Waals surface area contributed by atoms with Crippen LogP contribution in [0.5, 0.6) is 0 Å². The Balaban J connectivity index is 1.49. The molecule has 2 aliphatic rings. The lowest BCUT2D eigenvalue weighted by atomic mass is 9.78. The largest absolute Gasteiger partial charge is 0.391 e. The first kappa shape index (κ1) is 18.3. The molecule has 1 atom stereocenters. The molecule has 6 nitrogen and oxygen atoms in total. The van der Waals surface area contributed by atoms with Gasteiger partial charge in [-0.1, -0.05) is 30.3 Å².